The highest BCUT2D eigenvalue weighted by Crippen LogP contribution is 2.34. The lowest BCUT2D eigenvalue weighted by molar-refractivity contribution is -0.118. The minimum Gasteiger partial charge on any atom is -0.314 e. The van der Waals surface area contributed by atoms with E-state index in [0.29, 0.717) is 18.5 Å². The van der Waals surface area contributed by atoms with Crippen LogP contribution >= 0.6 is 0 Å². The summed E-state index contributed by atoms with van der Waals surface area (Å²) in [6, 6.07) is 7.64. The molecule has 0 bridgehead atoms. The highest BCUT2D eigenvalue weighted by Gasteiger charge is 2.30. The molecule has 2 unspecified atom stereocenters. The summed E-state index contributed by atoms with van der Waals surface area (Å²) in [5, 5.41) is 3.56. The molecule has 0 aromatic heterocycles. The SMILES string of the molecule is CCCC(=O)N1c2ccc(CC3CCCN3)cc2CC1C. The fourth-order valence-corrected chi connectivity index (χ4v) is 3.74. The molecule has 0 spiro atoms. The zero-order valence-electron chi connectivity index (χ0n) is 13.2. The molecule has 2 atom stereocenters. The fraction of sp³-hybridized carbons (Fsp3) is 0.611. The van der Waals surface area contributed by atoms with Gasteiger partial charge >= 0.3 is 0 Å². The van der Waals surface area contributed by atoms with Crippen molar-refractivity contribution in [3.63, 3.8) is 0 Å². The maximum Gasteiger partial charge on any atom is 0.227 e. The Labute approximate surface area is 127 Å². The van der Waals surface area contributed by atoms with E-state index in [0.717, 1.165) is 31.5 Å². The molecule has 3 heteroatoms. The van der Waals surface area contributed by atoms with Crippen molar-refractivity contribution in [2.75, 3.05) is 11.4 Å². The number of carbonyl (C=O) groups is 1. The van der Waals surface area contributed by atoms with Gasteiger partial charge in [0.15, 0.2) is 0 Å². The third-order valence-electron chi connectivity index (χ3n) is 4.74. The molecule has 0 saturated carbocycles. The van der Waals surface area contributed by atoms with Crippen molar-refractivity contribution in [1.82, 2.24) is 5.32 Å². The standard InChI is InChI=1S/C18H26N2O/c1-3-5-18(21)20-13(2)10-15-11-14(7-8-17(15)20)12-16-6-4-9-19-16/h7-8,11,13,16,19H,3-6,9-10,12H2,1-2H3. The number of hydrogen-bond acceptors (Lipinski definition) is 2. The van der Waals surface area contributed by atoms with Gasteiger partial charge in [0.25, 0.3) is 0 Å². The lowest BCUT2D eigenvalue weighted by Gasteiger charge is -2.22. The molecule has 3 rings (SSSR count). The Kier molecular flexibility index (Phi) is 4.29. The third kappa shape index (κ3) is 2.98. The minimum absolute atomic E-state index is 0.272. The normalized spacial score (nSPS) is 24.4. The molecular formula is C18H26N2O. The fourth-order valence-electron chi connectivity index (χ4n) is 3.74. The topological polar surface area (TPSA) is 32.3 Å². The van der Waals surface area contributed by atoms with Gasteiger partial charge in [-0.25, -0.2) is 0 Å². The van der Waals surface area contributed by atoms with E-state index < -0.39 is 0 Å². The summed E-state index contributed by atoms with van der Waals surface area (Å²) in [4.78, 5) is 14.3. The van der Waals surface area contributed by atoms with Crippen LogP contribution in [0.25, 0.3) is 0 Å². The van der Waals surface area contributed by atoms with Crippen molar-refractivity contribution in [1.29, 1.82) is 0 Å². The lowest BCUT2D eigenvalue weighted by atomic mass is 10.0. The summed E-state index contributed by atoms with van der Waals surface area (Å²) < 4.78 is 0. The molecule has 3 nitrogen and oxygen atoms in total. The predicted octanol–water partition coefficient (Wildman–Crippen LogP) is 3.06. The van der Waals surface area contributed by atoms with Gasteiger partial charge < -0.3 is 10.2 Å². The van der Waals surface area contributed by atoms with Crippen molar-refractivity contribution in [2.24, 2.45) is 0 Å². The summed E-state index contributed by atoms with van der Waals surface area (Å²) in [6.07, 6.45) is 6.27. The summed E-state index contributed by atoms with van der Waals surface area (Å²) in [7, 11) is 0. The van der Waals surface area contributed by atoms with Crippen molar-refractivity contribution in [2.45, 2.75) is 64.5 Å². The molecule has 114 valence electrons. The summed E-state index contributed by atoms with van der Waals surface area (Å²) in [5.41, 5.74) is 3.90. The van der Waals surface area contributed by atoms with Crippen LogP contribution in [0.4, 0.5) is 5.69 Å². The summed E-state index contributed by atoms with van der Waals surface area (Å²) in [5.74, 6) is 0.272. The van der Waals surface area contributed by atoms with E-state index in [1.165, 1.54) is 24.0 Å². The van der Waals surface area contributed by atoms with Crippen LogP contribution in [0.15, 0.2) is 18.2 Å². The highest BCUT2D eigenvalue weighted by atomic mass is 16.2. The first-order valence-corrected chi connectivity index (χ1v) is 8.36. The zero-order chi connectivity index (χ0) is 14.8. The van der Waals surface area contributed by atoms with Gasteiger partial charge in [-0.3, -0.25) is 4.79 Å². The molecule has 1 aromatic rings. The van der Waals surface area contributed by atoms with Gasteiger partial charge in [-0.15, -0.1) is 0 Å². The number of benzene rings is 1. The number of nitrogens with one attached hydrogen (secondary N) is 1. The number of hydrogen-bond donors (Lipinski definition) is 1. The van der Waals surface area contributed by atoms with Crippen LogP contribution in [0, 0.1) is 0 Å². The van der Waals surface area contributed by atoms with Crippen LogP contribution in [-0.4, -0.2) is 24.5 Å². The molecule has 1 amide bonds. The Morgan fingerprint density at radius 2 is 2.29 bits per heavy atom. The highest BCUT2D eigenvalue weighted by molar-refractivity contribution is 5.96. The Bertz CT molecular complexity index is 520. The molecule has 2 aliphatic heterocycles. The molecule has 0 aliphatic carbocycles. The number of rotatable bonds is 4. The van der Waals surface area contributed by atoms with Crippen molar-refractivity contribution in [3.05, 3.63) is 29.3 Å². The molecule has 1 N–H and O–H groups in total. The molecule has 1 aromatic carbocycles. The van der Waals surface area contributed by atoms with Crippen LogP contribution in [0.2, 0.25) is 0 Å². The number of fused-ring (bicyclic) bond motifs is 1. The zero-order valence-corrected chi connectivity index (χ0v) is 13.2. The van der Waals surface area contributed by atoms with Gasteiger partial charge in [0.05, 0.1) is 0 Å². The van der Waals surface area contributed by atoms with Crippen LogP contribution in [0.1, 0.15) is 50.7 Å². The average Bonchev–Trinajstić information content (AvgIpc) is 3.05. The maximum absolute atomic E-state index is 12.3. The first-order valence-electron chi connectivity index (χ1n) is 8.36. The second-order valence-electron chi connectivity index (χ2n) is 6.53. The van der Waals surface area contributed by atoms with Crippen molar-refractivity contribution in [3.8, 4) is 0 Å². The molecule has 2 heterocycles. The van der Waals surface area contributed by atoms with Crippen LogP contribution in [0.3, 0.4) is 0 Å². The Morgan fingerprint density at radius 3 is 3.00 bits per heavy atom. The minimum atomic E-state index is 0.272. The van der Waals surface area contributed by atoms with Crippen molar-refractivity contribution >= 4 is 11.6 Å². The molecular weight excluding hydrogens is 260 g/mol. The molecule has 1 fully saturated rings. The van der Waals surface area contributed by atoms with E-state index in [2.05, 4.69) is 37.4 Å². The number of amides is 1. The van der Waals surface area contributed by atoms with E-state index >= 15 is 0 Å². The van der Waals surface area contributed by atoms with Crippen molar-refractivity contribution < 1.29 is 4.79 Å². The van der Waals surface area contributed by atoms with E-state index in [9.17, 15) is 4.79 Å². The van der Waals surface area contributed by atoms with E-state index in [1.54, 1.807) is 0 Å². The second-order valence-corrected chi connectivity index (χ2v) is 6.53. The van der Waals surface area contributed by atoms with Gasteiger partial charge in [-0.2, -0.15) is 0 Å². The van der Waals surface area contributed by atoms with Crippen LogP contribution in [-0.2, 0) is 17.6 Å². The van der Waals surface area contributed by atoms with Gasteiger partial charge in [0.2, 0.25) is 5.91 Å². The Balaban J connectivity index is 1.77. The van der Waals surface area contributed by atoms with E-state index in [1.807, 2.05) is 4.90 Å². The van der Waals surface area contributed by atoms with E-state index in [-0.39, 0.29) is 5.91 Å². The van der Waals surface area contributed by atoms with Gasteiger partial charge in [0.1, 0.15) is 0 Å². The number of anilines is 1. The van der Waals surface area contributed by atoms with Gasteiger partial charge in [-0.1, -0.05) is 19.1 Å². The first-order chi connectivity index (χ1) is 10.2. The second kappa shape index (κ2) is 6.18. The molecule has 21 heavy (non-hydrogen) atoms. The first kappa shape index (κ1) is 14.6. The molecule has 2 aliphatic rings. The van der Waals surface area contributed by atoms with E-state index in [4.69, 9.17) is 0 Å². The monoisotopic (exact) mass is 286 g/mol. The molecule has 0 radical (unpaired) electrons. The smallest absolute Gasteiger partial charge is 0.227 e. The maximum atomic E-state index is 12.3. The lowest BCUT2D eigenvalue weighted by Crippen LogP contribution is -2.35. The van der Waals surface area contributed by atoms with Crippen LogP contribution < -0.4 is 10.2 Å². The largest absolute Gasteiger partial charge is 0.314 e. The van der Waals surface area contributed by atoms with Crippen LogP contribution in [0.5, 0.6) is 0 Å². The quantitative estimate of drug-likeness (QED) is 0.922. The number of nitrogens with zero attached hydrogens (tertiary/aromatic N) is 1. The van der Waals surface area contributed by atoms with Gasteiger partial charge in [-0.05, 0) is 62.8 Å². The average molecular weight is 286 g/mol. The molecule has 1 saturated heterocycles. The Hall–Kier alpha value is -1.35. The third-order valence-corrected chi connectivity index (χ3v) is 4.74. The number of carbonyl (C=O) groups excluding carboxylic acids is 1. The Morgan fingerprint density at radius 1 is 1.43 bits per heavy atom. The summed E-state index contributed by atoms with van der Waals surface area (Å²) >= 11 is 0. The summed E-state index contributed by atoms with van der Waals surface area (Å²) in [6.45, 7) is 5.38. The predicted molar refractivity (Wildman–Crippen MR) is 86.7 cm³/mol. The van der Waals surface area contributed by atoms with Gasteiger partial charge in [0, 0.05) is 24.2 Å².